The number of hydrogen-bond acceptors (Lipinski definition) is 5. The van der Waals surface area contributed by atoms with Gasteiger partial charge in [-0.3, -0.25) is 4.79 Å². The lowest BCUT2D eigenvalue weighted by atomic mass is 10.2. The Morgan fingerprint density at radius 1 is 0.933 bits per heavy atom. The second kappa shape index (κ2) is 10.3. The fraction of sp³-hybridized carbons (Fsp3) is 0.136. The van der Waals surface area contributed by atoms with Gasteiger partial charge in [-0.2, -0.15) is 5.09 Å². The molecule has 0 amide bonds. The molecule has 0 spiro atoms. The van der Waals surface area contributed by atoms with Crippen LogP contribution in [0.5, 0.6) is 11.5 Å². The molecule has 3 rings (SSSR count). The number of carbonyl (C=O) groups is 1. The van der Waals surface area contributed by atoms with Crippen molar-refractivity contribution < 1.29 is 23.1 Å². The standard InChI is InChI=1S/C22H21ClNO5P/c1-17(22(25)27-16-18-10-4-2-5-11-18)24-30(26,28-19-12-6-3-7-13-19)29-21-15-9-8-14-20(21)23/h2-15,17H,16H2,1H3,(H,24,26)/t17-,30?/m0/s1. The summed E-state index contributed by atoms with van der Waals surface area (Å²) < 4.78 is 30.0. The predicted octanol–water partition coefficient (Wildman–Crippen LogP) is 5.63. The van der Waals surface area contributed by atoms with Gasteiger partial charge in [0.05, 0.1) is 5.02 Å². The molecule has 0 aliphatic rings. The maximum absolute atomic E-state index is 13.5. The summed E-state index contributed by atoms with van der Waals surface area (Å²) in [5, 5.41) is 2.89. The predicted molar refractivity (Wildman–Crippen MR) is 116 cm³/mol. The molecular weight excluding hydrogens is 425 g/mol. The van der Waals surface area contributed by atoms with E-state index >= 15 is 0 Å². The Kier molecular flexibility index (Phi) is 7.52. The molecule has 8 heteroatoms. The monoisotopic (exact) mass is 445 g/mol. The third kappa shape index (κ3) is 6.36. The van der Waals surface area contributed by atoms with Crippen LogP contribution in [0.4, 0.5) is 0 Å². The number of rotatable bonds is 9. The van der Waals surface area contributed by atoms with Crippen LogP contribution in [-0.2, 0) is 20.7 Å². The van der Waals surface area contributed by atoms with Crippen LogP contribution < -0.4 is 14.1 Å². The largest absolute Gasteiger partial charge is 0.513 e. The van der Waals surface area contributed by atoms with Crippen LogP contribution in [0.1, 0.15) is 12.5 Å². The summed E-state index contributed by atoms with van der Waals surface area (Å²) in [6, 6.07) is 23.4. The fourth-order valence-electron chi connectivity index (χ4n) is 2.48. The first-order valence-electron chi connectivity index (χ1n) is 9.22. The van der Waals surface area contributed by atoms with Gasteiger partial charge in [0.25, 0.3) is 0 Å². The Morgan fingerprint density at radius 2 is 1.53 bits per heavy atom. The molecule has 2 atom stereocenters. The zero-order chi connectivity index (χ0) is 21.4. The SMILES string of the molecule is C[C@H](NP(=O)(Oc1ccccc1)Oc1ccccc1Cl)C(=O)OCc1ccccc1. The highest BCUT2D eigenvalue weighted by Gasteiger charge is 2.34. The van der Waals surface area contributed by atoms with E-state index in [-0.39, 0.29) is 17.4 Å². The summed E-state index contributed by atoms with van der Waals surface area (Å²) in [6.45, 7) is 1.62. The minimum Gasteiger partial charge on any atom is -0.460 e. The minimum atomic E-state index is -4.03. The molecular formula is C22H21ClNO5P. The van der Waals surface area contributed by atoms with Crippen LogP contribution in [0.25, 0.3) is 0 Å². The molecule has 0 fully saturated rings. The Balaban J connectivity index is 1.73. The van der Waals surface area contributed by atoms with Gasteiger partial charge in [0.1, 0.15) is 24.1 Å². The Bertz CT molecular complexity index is 1020. The maximum Gasteiger partial charge on any atom is 0.513 e. The van der Waals surface area contributed by atoms with Gasteiger partial charge in [-0.15, -0.1) is 0 Å². The second-order valence-electron chi connectivity index (χ2n) is 6.37. The van der Waals surface area contributed by atoms with Crippen molar-refractivity contribution in [2.75, 3.05) is 0 Å². The number of esters is 1. The van der Waals surface area contributed by atoms with Gasteiger partial charge < -0.3 is 13.8 Å². The number of halogens is 1. The van der Waals surface area contributed by atoms with Gasteiger partial charge in [0, 0.05) is 0 Å². The first kappa shape index (κ1) is 21.9. The molecule has 0 saturated heterocycles. The zero-order valence-corrected chi connectivity index (χ0v) is 17.9. The molecule has 0 radical (unpaired) electrons. The quantitative estimate of drug-likeness (QED) is 0.340. The first-order valence-corrected chi connectivity index (χ1v) is 11.1. The van der Waals surface area contributed by atoms with Crippen molar-refractivity contribution in [1.82, 2.24) is 5.09 Å². The number of benzene rings is 3. The first-order chi connectivity index (χ1) is 14.5. The summed E-state index contributed by atoms with van der Waals surface area (Å²) >= 11 is 6.13. The smallest absolute Gasteiger partial charge is 0.460 e. The Labute approximate surface area is 180 Å². The van der Waals surface area contributed by atoms with E-state index < -0.39 is 19.8 Å². The molecule has 1 unspecified atom stereocenters. The van der Waals surface area contributed by atoms with Gasteiger partial charge in [0.2, 0.25) is 0 Å². The molecule has 1 N–H and O–H groups in total. The van der Waals surface area contributed by atoms with Crippen LogP contribution in [-0.4, -0.2) is 12.0 Å². The highest BCUT2D eigenvalue weighted by atomic mass is 35.5. The molecule has 0 heterocycles. The van der Waals surface area contributed by atoms with Crippen molar-refractivity contribution in [3.63, 3.8) is 0 Å². The van der Waals surface area contributed by atoms with E-state index in [9.17, 15) is 9.36 Å². The highest BCUT2D eigenvalue weighted by molar-refractivity contribution is 7.52. The van der Waals surface area contributed by atoms with Crippen LogP contribution in [0.2, 0.25) is 5.02 Å². The molecule has 0 aliphatic heterocycles. The third-order valence-corrected chi connectivity index (χ3v) is 5.86. The number of ether oxygens (including phenoxy) is 1. The van der Waals surface area contributed by atoms with Crippen molar-refractivity contribution in [1.29, 1.82) is 0 Å². The molecule has 3 aromatic rings. The Hall–Kier alpha value is -2.79. The fourth-order valence-corrected chi connectivity index (χ4v) is 4.25. The average Bonchev–Trinajstić information content (AvgIpc) is 2.75. The number of nitrogens with one attached hydrogen (secondary N) is 1. The average molecular weight is 446 g/mol. The number of carbonyl (C=O) groups excluding carboxylic acids is 1. The van der Waals surface area contributed by atoms with Crippen LogP contribution in [0, 0.1) is 0 Å². The zero-order valence-electron chi connectivity index (χ0n) is 16.2. The molecule has 0 bridgehead atoms. The minimum absolute atomic E-state index is 0.0981. The summed E-state index contributed by atoms with van der Waals surface area (Å²) in [7, 11) is -4.03. The van der Waals surface area contributed by atoms with E-state index in [4.69, 9.17) is 25.4 Å². The van der Waals surface area contributed by atoms with Gasteiger partial charge in [0.15, 0.2) is 0 Å². The topological polar surface area (TPSA) is 73.9 Å². The van der Waals surface area contributed by atoms with Crippen molar-refractivity contribution >= 4 is 25.3 Å². The van der Waals surface area contributed by atoms with Crippen molar-refractivity contribution in [2.24, 2.45) is 0 Å². The summed E-state index contributed by atoms with van der Waals surface area (Å²) in [5.41, 5.74) is 0.842. The Morgan fingerprint density at radius 3 is 2.20 bits per heavy atom. The number of para-hydroxylation sites is 2. The van der Waals surface area contributed by atoms with Crippen LogP contribution in [0.3, 0.4) is 0 Å². The lowest BCUT2D eigenvalue weighted by molar-refractivity contribution is -0.146. The molecule has 156 valence electrons. The van der Waals surface area contributed by atoms with E-state index in [1.165, 1.54) is 6.92 Å². The van der Waals surface area contributed by atoms with Crippen molar-refractivity contribution in [3.8, 4) is 11.5 Å². The lowest BCUT2D eigenvalue weighted by Crippen LogP contribution is -2.35. The van der Waals surface area contributed by atoms with Crippen molar-refractivity contribution in [2.45, 2.75) is 19.6 Å². The van der Waals surface area contributed by atoms with E-state index in [0.29, 0.717) is 5.75 Å². The van der Waals surface area contributed by atoms with Crippen LogP contribution >= 0.6 is 19.3 Å². The van der Waals surface area contributed by atoms with Gasteiger partial charge in [-0.1, -0.05) is 72.3 Å². The highest BCUT2D eigenvalue weighted by Crippen LogP contribution is 2.47. The number of hydrogen-bond donors (Lipinski definition) is 1. The van der Waals surface area contributed by atoms with E-state index in [2.05, 4.69) is 5.09 Å². The second-order valence-corrected chi connectivity index (χ2v) is 8.39. The molecule has 0 aliphatic carbocycles. The van der Waals surface area contributed by atoms with Gasteiger partial charge >= 0.3 is 13.7 Å². The molecule has 0 saturated carbocycles. The molecule has 3 aromatic carbocycles. The molecule has 30 heavy (non-hydrogen) atoms. The maximum atomic E-state index is 13.5. The van der Waals surface area contributed by atoms with Gasteiger partial charge in [-0.25, -0.2) is 4.57 Å². The molecule has 0 aromatic heterocycles. The summed E-state index contributed by atoms with van der Waals surface area (Å²) in [6.07, 6.45) is 0. The normalized spacial score (nSPS) is 13.7. The third-order valence-electron chi connectivity index (χ3n) is 3.95. The van der Waals surface area contributed by atoms with Crippen molar-refractivity contribution in [3.05, 3.63) is 95.5 Å². The van der Waals surface area contributed by atoms with Gasteiger partial charge in [-0.05, 0) is 36.8 Å². The lowest BCUT2D eigenvalue weighted by Gasteiger charge is -2.23. The summed E-state index contributed by atoms with van der Waals surface area (Å²) in [5.74, 6) is -0.125. The summed E-state index contributed by atoms with van der Waals surface area (Å²) in [4.78, 5) is 12.4. The van der Waals surface area contributed by atoms with E-state index in [0.717, 1.165) is 5.56 Å². The van der Waals surface area contributed by atoms with E-state index in [1.54, 1.807) is 54.6 Å². The van der Waals surface area contributed by atoms with E-state index in [1.807, 2.05) is 30.3 Å². The van der Waals surface area contributed by atoms with Crippen LogP contribution in [0.15, 0.2) is 84.9 Å². The molecule has 6 nitrogen and oxygen atoms in total.